The Morgan fingerprint density at radius 3 is 2.12 bits per heavy atom. The third-order valence-electron chi connectivity index (χ3n) is 5.18. The second-order valence-electron chi connectivity index (χ2n) is 7.44. The van der Waals surface area contributed by atoms with E-state index in [1.807, 2.05) is 25.1 Å². The van der Waals surface area contributed by atoms with Gasteiger partial charge in [-0.1, -0.05) is 36.4 Å². The molecule has 3 nitrogen and oxygen atoms in total. The molecule has 1 aliphatic rings. The van der Waals surface area contributed by atoms with Crippen LogP contribution in [0, 0.1) is 18.6 Å². The Morgan fingerprint density at radius 1 is 0.906 bits per heavy atom. The van der Waals surface area contributed by atoms with Crippen molar-refractivity contribution in [3.05, 3.63) is 89.0 Å². The summed E-state index contributed by atoms with van der Waals surface area (Å²) in [4.78, 5) is 4.43. The van der Waals surface area contributed by atoms with Crippen LogP contribution in [0.2, 0.25) is 0 Å². The molecule has 3 aromatic carbocycles. The van der Waals surface area contributed by atoms with E-state index in [1.54, 1.807) is 6.92 Å². The van der Waals surface area contributed by atoms with Crippen molar-refractivity contribution >= 4 is 5.90 Å². The maximum Gasteiger partial charge on any atom is 0.573 e. The Labute approximate surface area is 181 Å². The average Bonchev–Trinajstić information content (AvgIpc) is 3.08. The summed E-state index contributed by atoms with van der Waals surface area (Å²) in [7, 11) is 0. The Kier molecular flexibility index (Phi) is 5.62. The van der Waals surface area contributed by atoms with Crippen molar-refractivity contribution in [2.45, 2.75) is 32.4 Å². The van der Waals surface area contributed by atoms with Gasteiger partial charge in [0.2, 0.25) is 5.90 Å². The third kappa shape index (κ3) is 4.44. The lowest BCUT2D eigenvalue weighted by Crippen LogP contribution is -2.16. The van der Waals surface area contributed by atoms with Crippen LogP contribution < -0.4 is 4.74 Å². The van der Waals surface area contributed by atoms with E-state index in [1.165, 1.54) is 30.3 Å². The fraction of sp³-hybridized carbons (Fsp3) is 0.208. The minimum atomic E-state index is -4.75. The molecular formula is C24H18F5NO2. The van der Waals surface area contributed by atoms with E-state index in [-0.39, 0.29) is 17.2 Å². The summed E-state index contributed by atoms with van der Waals surface area (Å²) < 4.78 is 74.8. The molecule has 32 heavy (non-hydrogen) atoms. The van der Waals surface area contributed by atoms with Crippen LogP contribution in [-0.2, 0) is 4.74 Å². The van der Waals surface area contributed by atoms with Crippen LogP contribution in [0.25, 0.3) is 11.1 Å². The fourth-order valence-corrected chi connectivity index (χ4v) is 3.69. The number of aliphatic imine (C=N–C) groups is 1. The first-order valence-corrected chi connectivity index (χ1v) is 9.78. The number of halogens is 5. The van der Waals surface area contributed by atoms with E-state index in [2.05, 4.69) is 9.73 Å². The van der Waals surface area contributed by atoms with E-state index in [0.29, 0.717) is 5.56 Å². The summed E-state index contributed by atoms with van der Waals surface area (Å²) in [5.41, 5.74) is 2.89. The molecule has 1 heterocycles. The van der Waals surface area contributed by atoms with Crippen molar-refractivity contribution in [1.82, 2.24) is 0 Å². The van der Waals surface area contributed by atoms with Crippen molar-refractivity contribution in [2.75, 3.05) is 0 Å². The van der Waals surface area contributed by atoms with Gasteiger partial charge in [0.05, 0.1) is 0 Å². The predicted molar refractivity (Wildman–Crippen MR) is 109 cm³/mol. The standard InChI is InChI=1S/C24H18F5NO2/c1-13-12-16(15-6-9-17(10-7-15)32-24(27,28)29)8-11-18(13)22-14(2)31-23(30-22)21-19(25)4-3-5-20(21)26/h3-12,14,22H,1-2H3/t14-,22-/m0/s1. The smallest absolute Gasteiger partial charge is 0.472 e. The number of hydrogen-bond donors (Lipinski definition) is 0. The molecule has 0 unspecified atom stereocenters. The zero-order valence-corrected chi connectivity index (χ0v) is 17.1. The number of nitrogens with zero attached hydrogens (tertiary/aromatic N) is 1. The highest BCUT2D eigenvalue weighted by atomic mass is 19.4. The summed E-state index contributed by atoms with van der Waals surface area (Å²) >= 11 is 0. The summed E-state index contributed by atoms with van der Waals surface area (Å²) in [6.07, 6.45) is -5.18. The van der Waals surface area contributed by atoms with Crippen LogP contribution in [0.3, 0.4) is 0 Å². The first kappa shape index (κ1) is 21.8. The topological polar surface area (TPSA) is 30.8 Å². The molecule has 0 spiro atoms. The number of hydrogen-bond acceptors (Lipinski definition) is 3. The van der Waals surface area contributed by atoms with Crippen LogP contribution in [0.5, 0.6) is 5.75 Å². The highest BCUT2D eigenvalue weighted by molar-refractivity contribution is 5.96. The van der Waals surface area contributed by atoms with Crippen LogP contribution in [0.15, 0.2) is 65.7 Å². The maximum atomic E-state index is 14.1. The monoisotopic (exact) mass is 447 g/mol. The van der Waals surface area contributed by atoms with Crippen LogP contribution in [0.1, 0.15) is 29.7 Å². The molecule has 2 atom stereocenters. The summed E-state index contributed by atoms with van der Waals surface area (Å²) in [6, 6.07) is 14.2. The Hall–Kier alpha value is -3.42. The van der Waals surface area contributed by atoms with Crippen LogP contribution in [0.4, 0.5) is 22.0 Å². The summed E-state index contributed by atoms with van der Waals surface area (Å²) in [5.74, 6) is -1.88. The highest BCUT2D eigenvalue weighted by Gasteiger charge is 2.33. The van der Waals surface area contributed by atoms with Gasteiger partial charge in [0, 0.05) is 0 Å². The van der Waals surface area contributed by atoms with Gasteiger partial charge in [0.1, 0.15) is 35.1 Å². The Balaban J connectivity index is 1.60. The van der Waals surface area contributed by atoms with Crippen molar-refractivity contribution < 1.29 is 31.4 Å². The molecule has 1 aliphatic heterocycles. The van der Waals surface area contributed by atoms with E-state index in [0.717, 1.165) is 28.8 Å². The summed E-state index contributed by atoms with van der Waals surface area (Å²) in [6.45, 7) is 3.64. The lowest BCUT2D eigenvalue weighted by molar-refractivity contribution is -0.274. The number of aryl methyl sites for hydroxylation is 1. The van der Waals surface area contributed by atoms with Crippen molar-refractivity contribution in [3.63, 3.8) is 0 Å². The average molecular weight is 447 g/mol. The minimum Gasteiger partial charge on any atom is -0.472 e. The zero-order valence-electron chi connectivity index (χ0n) is 17.1. The molecule has 0 saturated heterocycles. The highest BCUT2D eigenvalue weighted by Crippen LogP contribution is 2.35. The molecule has 166 valence electrons. The molecular weight excluding hydrogens is 429 g/mol. The molecule has 0 aromatic heterocycles. The molecule has 8 heteroatoms. The Morgan fingerprint density at radius 2 is 1.53 bits per heavy atom. The molecule has 0 N–H and O–H groups in total. The van der Waals surface area contributed by atoms with Gasteiger partial charge in [-0.05, 0) is 60.4 Å². The SMILES string of the molecule is Cc1cc(-c2ccc(OC(F)(F)F)cc2)ccc1[C@H]1N=C(c2c(F)cccc2F)O[C@H]1C. The summed E-state index contributed by atoms with van der Waals surface area (Å²) in [5, 5.41) is 0. The predicted octanol–water partition coefficient (Wildman–Crippen LogP) is 6.75. The molecule has 0 aliphatic carbocycles. The van der Waals surface area contributed by atoms with E-state index in [4.69, 9.17) is 4.74 Å². The maximum absolute atomic E-state index is 14.1. The van der Waals surface area contributed by atoms with E-state index < -0.39 is 30.1 Å². The van der Waals surface area contributed by atoms with E-state index >= 15 is 0 Å². The molecule has 0 radical (unpaired) electrons. The van der Waals surface area contributed by atoms with Gasteiger partial charge >= 0.3 is 6.36 Å². The van der Waals surface area contributed by atoms with Gasteiger partial charge in [-0.3, -0.25) is 0 Å². The van der Waals surface area contributed by atoms with Gasteiger partial charge in [0.25, 0.3) is 0 Å². The normalized spacial score (nSPS) is 18.3. The number of ether oxygens (including phenoxy) is 2. The van der Waals surface area contributed by atoms with Gasteiger partial charge in [-0.15, -0.1) is 13.2 Å². The van der Waals surface area contributed by atoms with Crippen molar-refractivity contribution in [2.24, 2.45) is 4.99 Å². The van der Waals surface area contributed by atoms with Crippen molar-refractivity contribution in [1.29, 1.82) is 0 Å². The number of benzene rings is 3. The second kappa shape index (κ2) is 8.26. The molecule has 0 fully saturated rings. The molecule has 0 amide bonds. The third-order valence-corrected chi connectivity index (χ3v) is 5.18. The van der Waals surface area contributed by atoms with Crippen LogP contribution >= 0.6 is 0 Å². The first-order valence-electron chi connectivity index (χ1n) is 9.78. The van der Waals surface area contributed by atoms with E-state index in [9.17, 15) is 22.0 Å². The molecule has 4 rings (SSSR count). The number of rotatable bonds is 4. The lowest BCUT2D eigenvalue weighted by atomic mass is 9.94. The quantitative estimate of drug-likeness (QED) is 0.415. The zero-order chi connectivity index (χ0) is 23.0. The Bertz CT molecular complexity index is 1150. The fourth-order valence-electron chi connectivity index (χ4n) is 3.69. The molecule has 0 bridgehead atoms. The van der Waals surface area contributed by atoms with Gasteiger partial charge < -0.3 is 9.47 Å². The minimum absolute atomic E-state index is 0.0816. The second-order valence-corrected chi connectivity index (χ2v) is 7.44. The van der Waals surface area contributed by atoms with Gasteiger partial charge in [-0.25, -0.2) is 13.8 Å². The lowest BCUT2D eigenvalue weighted by Gasteiger charge is -2.16. The largest absolute Gasteiger partial charge is 0.573 e. The van der Waals surface area contributed by atoms with Gasteiger partial charge in [-0.2, -0.15) is 0 Å². The molecule has 0 saturated carbocycles. The van der Waals surface area contributed by atoms with Crippen molar-refractivity contribution in [3.8, 4) is 16.9 Å². The van der Waals surface area contributed by atoms with Crippen LogP contribution in [-0.4, -0.2) is 18.4 Å². The van der Waals surface area contributed by atoms with Gasteiger partial charge in [0.15, 0.2) is 0 Å². The first-order chi connectivity index (χ1) is 15.1. The molecule has 3 aromatic rings. The number of alkyl halides is 3.